The molecule has 0 spiro atoms. The molecule has 0 atom stereocenters. The number of methoxy groups -OCH3 is 1. The molecule has 0 radical (unpaired) electrons. The van der Waals surface area contributed by atoms with Crippen molar-refractivity contribution in [2.75, 3.05) is 38.3 Å². The van der Waals surface area contributed by atoms with Gasteiger partial charge in [-0.2, -0.15) is 5.10 Å². The van der Waals surface area contributed by atoms with Gasteiger partial charge in [-0.15, -0.1) is 0 Å². The van der Waals surface area contributed by atoms with Crippen molar-refractivity contribution in [2.45, 2.75) is 0 Å². The van der Waals surface area contributed by atoms with Crippen molar-refractivity contribution < 1.29 is 19.5 Å². The zero-order chi connectivity index (χ0) is 23.7. The summed E-state index contributed by atoms with van der Waals surface area (Å²) in [6.07, 6.45) is 7.11. The summed E-state index contributed by atoms with van der Waals surface area (Å²) in [6, 6.07) is 9.29. The minimum Gasteiger partial charge on any atom is -0.497 e. The molecule has 3 heterocycles. The lowest BCUT2D eigenvalue weighted by Gasteiger charge is -2.27. The Bertz CT molecular complexity index is 1320. The number of fused-ring (bicyclic) bond motifs is 1. The quantitative estimate of drug-likeness (QED) is 0.490. The molecule has 0 bridgehead atoms. The summed E-state index contributed by atoms with van der Waals surface area (Å²) in [4.78, 5) is 6.26. The van der Waals surface area contributed by atoms with E-state index in [-0.39, 0.29) is 5.46 Å². The largest absolute Gasteiger partial charge is 0.497 e. The van der Waals surface area contributed by atoms with Gasteiger partial charge in [0.05, 0.1) is 56.0 Å². The highest BCUT2D eigenvalue weighted by Gasteiger charge is 2.23. The van der Waals surface area contributed by atoms with Crippen molar-refractivity contribution in [1.82, 2.24) is 9.78 Å². The molecule has 5 rings (SSSR count). The third kappa shape index (κ3) is 4.11. The van der Waals surface area contributed by atoms with Gasteiger partial charge < -0.3 is 30.2 Å². The van der Waals surface area contributed by atoms with Gasteiger partial charge in [-0.1, -0.05) is 12.1 Å². The van der Waals surface area contributed by atoms with Crippen LogP contribution in [0.15, 0.2) is 53.9 Å². The highest BCUT2D eigenvalue weighted by molar-refractivity contribution is 6.60. The predicted octanol–water partition coefficient (Wildman–Crippen LogP) is 1.02. The molecule has 2 aliphatic rings. The summed E-state index contributed by atoms with van der Waals surface area (Å²) < 4.78 is 12.7. The van der Waals surface area contributed by atoms with Crippen LogP contribution in [0.25, 0.3) is 28.6 Å². The summed E-state index contributed by atoms with van der Waals surface area (Å²) in [6.45, 7) is 2.95. The van der Waals surface area contributed by atoms with Gasteiger partial charge in [-0.05, 0) is 29.1 Å². The number of ether oxygens (including phenoxy) is 2. The second-order valence-corrected chi connectivity index (χ2v) is 8.02. The number of nitrogens with two attached hydrogens (primary N) is 1. The van der Waals surface area contributed by atoms with E-state index in [1.165, 1.54) is 7.11 Å². The van der Waals surface area contributed by atoms with Gasteiger partial charge >= 0.3 is 7.12 Å². The van der Waals surface area contributed by atoms with E-state index in [0.29, 0.717) is 24.7 Å². The molecular weight excluding hydrogens is 433 g/mol. The topological polar surface area (TPSA) is 118 Å². The van der Waals surface area contributed by atoms with E-state index < -0.39 is 7.12 Å². The minimum absolute atomic E-state index is 0.258. The summed E-state index contributed by atoms with van der Waals surface area (Å²) in [5, 5.41) is 24.6. The number of morpholine rings is 1. The first kappa shape index (κ1) is 22.0. The molecule has 10 heteroatoms. The number of aliphatic imine (C=N–C) groups is 1. The summed E-state index contributed by atoms with van der Waals surface area (Å²) in [7, 11) is -0.204. The molecule has 34 heavy (non-hydrogen) atoms. The van der Waals surface area contributed by atoms with E-state index >= 15 is 0 Å². The van der Waals surface area contributed by atoms with E-state index in [1.54, 1.807) is 29.1 Å². The van der Waals surface area contributed by atoms with E-state index in [9.17, 15) is 10.0 Å². The Morgan fingerprint density at radius 3 is 2.74 bits per heavy atom. The second-order valence-electron chi connectivity index (χ2n) is 8.02. The zero-order valence-electron chi connectivity index (χ0n) is 18.7. The van der Waals surface area contributed by atoms with Gasteiger partial charge in [0.1, 0.15) is 5.75 Å². The van der Waals surface area contributed by atoms with Crippen molar-refractivity contribution in [3.05, 3.63) is 60.1 Å². The van der Waals surface area contributed by atoms with Crippen LogP contribution in [-0.2, 0) is 4.74 Å². The van der Waals surface area contributed by atoms with Crippen LogP contribution >= 0.6 is 0 Å². The molecule has 4 N–H and O–H groups in total. The average molecular weight is 457 g/mol. The highest BCUT2D eigenvalue weighted by Crippen LogP contribution is 2.33. The maximum Gasteiger partial charge on any atom is 0.492 e. The fraction of sp³-hybridized carbons (Fsp3) is 0.208. The van der Waals surface area contributed by atoms with Crippen LogP contribution in [0.1, 0.15) is 11.1 Å². The number of anilines is 1. The van der Waals surface area contributed by atoms with Gasteiger partial charge in [-0.3, -0.25) is 0 Å². The molecule has 0 amide bonds. The number of aromatic nitrogens is 2. The molecule has 1 fully saturated rings. The van der Waals surface area contributed by atoms with Crippen molar-refractivity contribution in [3.63, 3.8) is 0 Å². The van der Waals surface area contributed by atoms with Crippen molar-refractivity contribution in [1.29, 1.82) is 0 Å². The number of hydrogen-bond acceptors (Lipinski definition) is 8. The van der Waals surface area contributed by atoms with Gasteiger partial charge in [0.2, 0.25) is 0 Å². The Kier molecular flexibility index (Phi) is 5.96. The van der Waals surface area contributed by atoms with Gasteiger partial charge in [0.15, 0.2) is 0 Å². The maximum atomic E-state index is 9.99. The standard InChI is InChI=1S/C24H24BN5O4/c1-33-24-12-23(30-15-18(13-28-30)29-6-8-34-9-7-29)20(11-21(24)25(31)32)16-2-3-19-17(10-16)4-5-27-14-22(19)26/h2-4,10-15,31-32H,6-9,26H2,1H3. The van der Waals surface area contributed by atoms with E-state index in [1.807, 2.05) is 30.6 Å². The molecule has 0 saturated carbocycles. The first-order valence-corrected chi connectivity index (χ1v) is 10.9. The zero-order valence-corrected chi connectivity index (χ0v) is 18.7. The Labute approximate surface area is 197 Å². The van der Waals surface area contributed by atoms with E-state index in [4.69, 9.17) is 15.2 Å². The van der Waals surface area contributed by atoms with Crippen molar-refractivity contribution in [2.24, 2.45) is 10.7 Å². The lowest BCUT2D eigenvalue weighted by molar-refractivity contribution is 0.122. The number of nitrogens with zero attached hydrogens (tertiary/aromatic N) is 4. The first-order chi connectivity index (χ1) is 16.5. The van der Waals surface area contributed by atoms with Crippen LogP contribution in [0.4, 0.5) is 5.69 Å². The van der Waals surface area contributed by atoms with Crippen molar-refractivity contribution in [3.8, 4) is 22.6 Å². The maximum absolute atomic E-state index is 9.99. The lowest BCUT2D eigenvalue weighted by Crippen LogP contribution is -2.35. The monoisotopic (exact) mass is 457 g/mol. The minimum atomic E-state index is -1.70. The summed E-state index contributed by atoms with van der Waals surface area (Å²) in [5.41, 5.74) is 11.9. The normalized spacial score (nSPS) is 15.0. The molecule has 1 saturated heterocycles. The molecule has 172 valence electrons. The molecule has 0 unspecified atom stereocenters. The van der Waals surface area contributed by atoms with E-state index in [0.717, 1.165) is 46.7 Å². The van der Waals surface area contributed by atoms with Gasteiger partial charge in [-0.25, -0.2) is 9.67 Å². The molecular formula is C24H24BN5O4. The van der Waals surface area contributed by atoms with Crippen LogP contribution in [0.3, 0.4) is 0 Å². The smallest absolute Gasteiger partial charge is 0.492 e. The van der Waals surface area contributed by atoms with Gasteiger partial charge in [0.25, 0.3) is 0 Å². The molecule has 1 aromatic heterocycles. The van der Waals surface area contributed by atoms with Crippen LogP contribution < -0.4 is 20.8 Å². The van der Waals surface area contributed by atoms with Crippen LogP contribution in [-0.4, -0.2) is 66.2 Å². The fourth-order valence-corrected chi connectivity index (χ4v) is 4.21. The number of rotatable bonds is 5. The molecule has 0 aliphatic carbocycles. The lowest BCUT2D eigenvalue weighted by atomic mass is 9.77. The Morgan fingerprint density at radius 2 is 1.97 bits per heavy atom. The van der Waals surface area contributed by atoms with Crippen LogP contribution in [0, 0.1) is 0 Å². The first-order valence-electron chi connectivity index (χ1n) is 10.9. The average Bonchev–Trinajstić information content (AvgIpc) is 3.28. The molecule has 2 aliphatic heterocycles. The Morgan fingerprint density at radius 1 is 1.15 bits per heavy atom. The van der Waals surface area contributed by atoms with Crippen molar-refractivity contribution >= 4 is 35.9 Å². The fourth-order valence-electron chi connectivity index (χ4n) is 4.21. The predicted molar refractivity (Wildman–Crippen MR) is 132 cm³/mol. The number of hydrogen-bond donors (Lipinski definition) is 3. The summed E-state index contributed by atoms with van der Waals surface area (Å²) in [5.74, 6) is 3.21. The highest BCUT2D eigenvalue weighted by atomic mass is 16.5. The van der Waals surface area contributed by atoms with Crippen LogP contribution in [0.2, 0.25) is 0 Å². The Hall–Kier alpha value is -3.82. The molecule has 3 aromatic rings. The third-order valence-electron chi connectivity index (χ3n) is 5.99. The molecule has 2 aromatic carbocycles. The third-order valence-corrected chi connectivity index (χ3v) is 5.99. The second kappa shape index (κ2) is 9.21. The Balaban J connectivity index is 1.66. The van der Waals surface area contributed by atoms with E-state index in [2.05, 4.69) is 20.9 Å². The SMILES string of the molecule is COc1cc(-n2cc(N3CCOCC3)cn2)c(-c2ccc3c(c2)C=C=NC=C3N)cc1B(O)O. The summed E-state index contributed by atoms with van der Waals surface area (Å²) >= 11 is 0. The number of benzene rings is 2. The van der Waals surface area contributed by atoms with Gasteiger partial charge in [0, 0.05) is 41.8 Å². The van der Waals surface area contributed by atoms with Crippen LogP contribution in [0.5, 0.6) is 5.75 Å². The molecule has 9 nitrogen and oxygen atoms in total.